The van der Waals surface area contributed by atoms with Crippen LogP contribution in [0.1, 0.15) is 32.4 Å². The van der Waals surface area contributed by atoms with Gasteiger partial charge in [0.05, 0.1) is 0 Å². The number of esters is 1. The van der Waals surface area contributed by atoms with E-state index in [1.807, 2.05) is 0 Å². The lowest BCUT2D eigenvalue weighted by atomic mass is 10.1. The maximum absolute atomic E-state index is 11.6. The first-order chi connectivity index (χ1) is 7.29. The summed E-state index contributed by atoms with van der Waals surface area (Å²) in [5.41, 5.74) is 5.81. The molecule has 4 heteroatoms. The van der Waals surface area contributed by atoms with Crippen molar-refractivity contribution in [3.63, 3.8) is 0 Å². The maximum atomic E-state index is 11.6. The van der Waals surface area contributed by atoms with Crippen LogP contribution in [-0.4, -0.2) is 16.7 Å². The van der Waals surface area contributed by atoms with Gasteiger partial charge in [-0.2, -0.15) is 0 Å². The van der Waals surface area contributed by atoms with E-state index in [-0.39, 0.29) is 5.75 Å². The summed E-state index contributed by atoms with van der Waals surface area (Å²) in [4.78, 5) is 11.6. The molecule has 1 atom stereocenters. The average Bonchev–Trinajstić information content (AvgIpc) is 2.15. The molecule has 1 aromatic carbocycles. The number of carbonyl (C=O) groups excluding carboxylic acids is 1. The van der Waals surface area contributed by atoms with Gasteiger partial charge < -0.3 is 15.6 Å². The number of ether oxygens (including phenoxy) is 1. The minimum Gasteiger partial charge on any atom is -0.508 e. The molecule has 0 aliphatic rings. The van der Waals surface area contributed by atoms with Crippen molar-refractivity contribution < 1.29 is 14.6 Å². The Labute approximate surface area is 95.0 Å². The molecule has 0 fully saturated rings. The lowest BCUT2D eigenvalue weighted by molar-refractivity contribution is -0.156. The molecular formula is C12H17NO3. The van der Waals surface area contributed by atoms with Crippen LogP contribution in [-0.2, 0) is 9.53 Å². The van der Waals surface area contributed by atoms with E-state index < -0.39 is 17.6 Å². The Hall–Kier alpha value is -1.55. The minimum absolute atomic E-state index is 0.139. The van der Waals surface area contributed by atoms with Crippen molar-refractivity contribution in [2.24, 2.45) is 5.73 Å². The van der Waals surface area contributed by atoms with Crippen LogP contribution >= 0.6 is 0 Å². The highest BCUT2D eigenvalue weighted by atomic mass is 16.6. The highest BCUT2D eigenvalue weighted by Gasteiger charge is 2.23. The van der Waals surface area contributed by atoms with Gasteiger partial charge in [-0.25, -0.2) is 4.79 Å². The van der Waals surface area contributed by atoms with Crippen molar-refractivity contribution in [1.29, 1.82) is 0 Å². The van der Waals surface area contributed by atoms with Crippen molar-refractivity contribution in [3.8, 4) is 5.75 Å². The molecule has 0 amide bonds. The van der Waals surface area contributed by atoms with Crippen molar-refractivity contribution in [1.82, 2.24) is 0 Å². The molecule has 0 aliphatic heterocycles. The molecule has 0 heterocycles. The second kappa shape index (κ2) is 4.53. The zero-order chi connectivity index (χ0) is 12.3. The van der Waals surface area contributed by atoms with Gasteiger partial charge >= 0.3 is 5.97 Å². The van der Waals surface area contributed by atoms with E-state index in [0.29, 0.717) is 5.56 Å². The maximum Gasteiger partial charge on any atom is 0.328 e. The molecule has 0 aromatic heterocycles. The molecule has 1 rings (SSSR count). The smallest absolute Gasteiger partial charge is 0.328 e. The summed E-state index contributed by atoms with van der Waals surface area (Å²) >= 11 is 0. The molecule has 3 N–H and O–H groups in total. The zero-order valence-corrected chi connectivity index (χ0v) is 9.73. The summed E-state index contributed by atoms with van der Waals surface area (Å²) in [6, 6.07) is 5.35. The fourth-order valence-corrected chi connectivity index (χ4v) is 1.18. The first-order valence-corrected chi connectivity index (χ1v) is 5.07. The summed E-state index contributed by atoms with van der Waals surface area (Å²) in [7, 11) is 0. The molecule has 0 saturated heterocycles. The molecule has 4 nitrogen and oxygen atoms in total. The first kappa shape index (κ1) is 12.5. The third-order valence-electron chi connectivity index (χ3n) is 1.91. The van der Waals surface area contributed by atoms with Crippen molar-refractivity contribution >= 4 is 5.97 Å². The number of rotatable bonds is 2. The Morgan fingerprint density at radius 2 is 1.81 bits per heavy atom. The van der Waals surface area contributed by atoms with Crippen LogP contribution in [0.25, 0.3) is 0 Å². The van der Waals surface area contributed by atoms with E-state index in [1.54, 1.807) is 32.9 Å². The van der Waals surface area contributed by atoms with Crippen molar-refractivity contribution in [3.05, 3.63) is 29.8 Å². The number of benzene rings is 1. The molecule has 0 spiro atoms. The number of carbonyl (C=O) groups is 1. The van der Waals surface area contributed by atoms with E-state index in [2.05, 4.69) is 0 Å². The predicted octanol–water partition coefficient (Wildman–Crippen LogP) is 1.73. The summed E-state index contributed by atoms with van der Waals surface area (Å²) in [6.45, 7) is 5.36. The summed E-state index contributed by atoms with van der Waals surface area (Å²) < 4.78 is 5.16. The van der Waals surface area contributed by atoms with Gasteiger partial charge in [0.25, 0.3) is 0 Å². The van der Waals surface area contributed by atoms with E-state index in [1.165, 1.54) is 12.1 Å². The van der Waals surface area contributed by atoms with E-state index in [4.69, 9.17) is 15.6 Å². The molecule has 88 valence electrons. The summed E-state index contributed by atoms with van der Waals surface area (Å²) in [5.74, 6) is -0.335. The van der Waals surface area contributed by atoms with Crippen LogP contribution in [0.5, 0.6) is 5.75 Å². The SMILES string of the molecule is CC(C)(C)OC(=O)[C@H](N)c1ccc(O)cc1. The molecule has 0 aliphatic carbocycles. The second-order valence-electron chi connectivity index (χ2n) is 4.60. The van der Waals surface area contributed by atoms with Crippen LogP contribution in [0, 0.1) is 0 Å². The van der Waals surface area contributed by atoms with Gasteiger partial charge in [0.2, 0.25) is 0 Å². The monoisotopic (exact) mass is 223 g/mol. The molecule has 0 bridgehead atoms. The molecule has 0 saturated carbocycles. The number of nitrogens with two attached hydrogens (primary N) is 1. The Kier molecular flexibility index (Phi) is 3.55. The summed E-state index contributed by atoms with van der Waals surface area (Å²) in [6.07, 6.45) is 0. The highest BCUT2D eigenvalue weighted by Crippen LogP contribution is 2.18. The van der Waals surface area contributed by atoms with Gasteiger partial charge in [0.15, 0.2) is 0 Å². The van der Waals surface area contributed by atoms with Crippen LogP contribution in [0.2, 0.25) is 0 Å². The van der Waals surface area contributed by atoms with E-state index in [9.17, 15) is 4.79 Å². The Morgan fingerprint density at radius 3 is 2.25 bits per heavy atom. The highest BCUT2D eigenvalue weighted by molar-refractivity contribution is 5.77. The zero-order valence-electron chi connectivity index (χ0n) is 9.73. The number of phenols is 1. The second-order valence-corrected chi connectivity index (χ2v) is 4.60. The lowest BCUT2D eigenvalue weighted by Gasteiger charge is -2.22. The standard InChI is InChI=1S/C12H17NO3/c1-12(2,3)16-11(15)10(13)8-4-6-9(14)7-5-8/h4-7,10,14H,13H2,1-3H3/t10-/m1/s1. The van der Waals surface area contributed by atoms with Gasteiger partial charge in [-0.3, -0.25) is 0 Å². The average molecular weight is 223 g/mol. The molecule has 1 aromatic rings. The summed E-state index contributed by atoms with van der Waals surface area (Å²) in [5, 5.41) is 9.11. The van der Waals surface area contributed by atoms with Gasteiger partial charge in [-0.1, -0.05) is 12.1 Å². The molecule has 0 unspecified atom stereocenters. The normalized spacial score (nSPS) is 13.2. The van der Waals surface area contributed by atoms with Gasteiger partial charge in [-0.05, 0) is 38.5 Å². The quantitative estimate of drug-likeness (QED) is 0.749. The number of phenolic OH excluding ortho intramolecular Hbond substituents is 1. The van der Waals surface area contributed by atoms with Gasteiger partial charge in [0, 0.05) is 0 Å². The fourth-order valence-electron chi connectivity index (χ4n) is 1.18. The predicted molar refractivity (Wildman–Crippen MR) is 60.9 cm³/mol. The Bertz CT molecular complexity index is 365. The van der Waals surface area contributed by atoms with Crippen molar-refractivity contribution in [2.75, 3.05) is 0 Å². The van der Waals surface area contributed by atoms with Crippen LogP contribution in [0.15, 0.2) is 24.3 Å². The molecular weight excluding hydrogens is 206 g/mol. The largest absolute Gasteiger partial charge is 0.508 e. The van der Waals surface area contributed by atoms with E-state index >= 15 is 0 Å². The third-order valence-corrected chi connectivity index (χ3v) is 1.91. The van der Waals surface area contributed by atoms with Crippen LogP contribution in [0.3, 0.4) is 0 Å². The van der Waals surface area contributed by atoms with Crippen LogP contribution < -0.4 is 5.73 Å². The lowest BCUT2D eigenvalue weighted by Crippen LogP contribution is -2.31. The van der Waals surface area contributed by atoms with E-state index in [0.717, 1.165) is 0 Å². The topological polar surface area (TPSA) is 72.5 Å². The fraction of sp³-hybridized carbons (Fsp3) is 0.417. The number of aromatic hydroxyl groups is 1. The molecule has 0 radical (unpaired) electrons. The van der Waals surface area contributed by atoms with Gasteiger partial charge in [0.1, 0.15) is 17.4 Å². The minimum atomic E-state index is -0.820. The first-order valence-electron chi connectivity index (χ1n) is 5.07. The number of hydrogen-bond acceptors (Lipinski definition) is 4. The van der Waals surface area contributed by atoms with Gasteiger partial charge in [-0.15, -0.1) is 0 Å². The number of hydrogen-bond donors (Lipinski definition) is 2. The Morgan fingerprint density at radius 1 is 1.31 bits per heavy atom. The van der Waals surface area contributed by atoms with Crippen molar-refractivity contribution in [2.45, 2.75) is 32.4 Å². The van der Waals surface area contributed by atoms with Crippen LogP contribution in [0.4, 0.5) is 0 Å². The Balaban J connectivity index is 2.74. The molecule has 16 heavy (non-hydrogen) atoms. The third kappa shape index (κ3) is 3.55.